The minimum Gasteiger partial charge on any atom is -0.496 e. The molecule has 1 aromatic rings. The Morgan fingerprint density at radius 2 is 2.00 bits per heavy atom. The van der Waals surface area contributed by atoms with E-state index < -0.39 is 6.09 Å². The van der Waals surface area contributed by atoms with Gasteiger partial charge < -0.3 is 14.7 Å². The smallest absolute Gasteiger partial charge is 0.407 e. The maximum atomic E-state index is 10.7. The van der Waals surface area contributed by atoms with Crippen molar-refractivity contribution in [2.24, 2.45) is 0 Å². The fourth-order valence-corrected chi connectivity index (χ4v) is 1.72. The molecule has 0 fully saturated rings. The van der Waals surface area contributed by atoms with E-state index >= 15 is 0 Å². The lowest BCUT2D eigenvalue weighted by Crippen LogP contribution is -2.27. The Bertz CT molecular complexity index is 415. The van der Waals surface area contributed by atoms with E-state index in [9.17, 15) is 4.79 Å². The number of nitrogens with zero attached hydrogens (tertiary/aromatic N) is 1. The molecule has 0 spiro atoms. The minimum atomic E-state index is -0.895. The van der Waals surface area contributed by atoms with Gasteiger partial charge >= 0.3 is 6.09 Å². The van der Waals surface area contributed by atoms with Crippen LogP contribution >= 0.6 is 0 Å². The number of rotatable bonds is 4. The van der Waals surface area contributed by atoms with Crippen molar-refractivity contribution in [3.63, 3.8) is 0 Å². The summed E-state index contributed by atoms with van der Waals surface area (Å²) in [5.74, 6) is 0.873. The molecule has 0 aliphatic heterocycles. The predicted octanol–water partition coefficient (Wildman–Crippen LogP) is 2.46. The van der Waals surface area contributed by atoms with E-state index in [1.54, 1.807) is 14.2 Å². The Morgan fingerprint density at radius 3 is 2.53 bits per heavy atom. The van der Waals surface area contributed by atoms with E-state index in [4.69, 9.17) is 9.84 Å². The molecular weight excluding hydrogens is 218 g/mol. The third-order valence-electron chi connectivity index (χ3n) is 2.90. The molecule has 1 amide bonds. The number of ether oxygens (including phenoxy) is 1. The molecule has 0 aliphatic carbocycles. The molecule has 0 aliphatic rings. The quantitative estimate of drug-likeness (QED) is 0.875. The number of aryl methyl sites for hydroxylation is 2. The maximum Gasteiger partial charge on any atom is 0.407 e. The molecular formula is C13H19NO3. The summed E-state index contributed by atoms with van der Waals surface area (Å²) < 4.78 is 5.24. The van der Waals surface area contributed by atoms with Gasteiger partial charge in [-0.05, 0) is 43.0 Å². The second-order valence-corrected chi connectivity index (χ2v) is 4.20. The van der Waals surface area contributed by atoms with Gasteiger partial charge in [0.15, 0.2) is 0 Å². The molecule has 4 heteroatoms. The summed E-state index contributed by atoms with van der Waals surface area (Å²) in [4.78, 5) is 12.0. The highest BCUT2D eigenvalue weighted by atomic mass is 16.5. The SMILES string of the molecule is COc1cc(C)c(CCN(C)C(=O)O)cc1C. The van der Waals surface area contributed by atoms with Crippen LogP contribution in [0.2, 0.25) is 0 Å². The standard InChI is InChI=1S/C13H19NO3/c1-9-8-12(17-4)10(2)7-11(9)5-6-14(3)13(15)16/h7-8H,5-6H2,1-4H3,(H,15,16). The van der Waals surface area contributed by atoms with Crippen molar-refractivity contribution in [2.75, 3.05) is 20.7 Å². The first-order chi connectivity index (χ1) is 7.95. The van der Waals surface area contributed by atoms with Crippen molar-refractivity contribution in [1.29, 1.82) is 0 Å². The molecule has 0 bridgehead atoms. The number of benzene rings is 1. The van der Waals surface area contributed by atoms with Gasteiger partial charge in [-0.15, -0.1) is 0 Å². The monoisotopic (exact) mass is 237 g/mol. The summed E-state index contributed by atoms with van der Waals surface area (Å²) in [6, 6.07) is 4.05. The van der Waals surface area contributed by atoms with Gasteiger partial charge in [-0.1, -0.05) is 6.07 Å². The average molecular weight is 237 g/mol. The van der Waals surface area contributed by atoms with Crippen LogP contribution in [0.25, 0.3) is 0 Å². The summed E-state index contributed by atoms with van der Waals surface area (Å²) in [6.45, 7) is 4.50. The molecule has 1 aromatic carbocycles. The molecule has 1 N–H and O–H groups in total. The Balaban J connectivity index is 2.78. The fraction of sp³-hybridized carbons (Fsp3) is 0.462. The molecule has 0 heterocycles. The highest BCUT2D eigenvalue weighted by molar-refractivity contribution is 5.64. The first-order valence-electron chi connectivity index (χ1n) is 5.54. The topological polar surface area (TPSA) is 49.8 Å². The molecule has 0 atom stereocenters. The number of likely N-dealkylation sites (N-methyl/N-ethyl adjacent to an activating group) is 1. The van der Waals surface area contributed by atoms with Crippen LogP contribution in [0.3, 0.4) is 0 Å². The van der Waals surface area contributed by atoms with Gasteiger partial charge in [0.2, 0.25) is 0 Å². The van der Waals surface area contributed by atoms with Crippen molar-refractivity contribution < 1.29 is 14.6 Å². The molecule has 0 aromatic heterocycles. The number of hydrogen-bond donors (Lipinski definition) is 1. The van der Waals surface area contributed by atoms with Crippen LogP contribution in [0, 0.1) is 13.8 Å². The Kier molecular flexibility index (Phi) is 4.37. The van der Waals surface area contributed by atoms with Crippen molar-refractivity contribution in [2.45, 2.75) is 20.3 Å². The summed E-state index contributed by atoms with van der Waals surface area (Å²) in [5, 5.41) is 8.77. The first kappa shape index (κ1) is 13.4. The van der Waals surface area contributed by atoms with Crippen LogP contribution in [0.5, 0.6) is 5.75 Å². The number of amides is 1. The van der Waals surface area contributed by atoms with E-state index in [-0.39, 0.29) is 0 Å². The van der Waals surface area contributed by atoms with Crippen LogP contribution in [-0.4, -0.2) is 36.8 Å². The van der Waals surface area contributed by atoms with Crippen LogP contribution in [0.4, 0.5) is 4.79 Å². The zero-order valence-corrected chi connectivity index (χ0v) is 10.8. The van der Waals surface area contributed by atoms with E-state index in [0.717, 1.165) is 28.9 Å². The molecule has 0 radical (unpaired) electrons. The zero-order valence-electron chi connectivity index (χ0n) is 10.8. The second-order valence-electron chi connectivity index (χ2n) is 4.20. The molecule has 1 rings (SSSR count). The van der Waals surface area contributed by atoms with Crippen molar-refractivity contribution in [1.82, 2.24) is 4.90 Å². The summed E-state index contributed by atoms with van der Waals surface area (Å²) >= 11 is 0. The lowest BCUT2D eigenvalue weighted by atomic mass is 10.0. The number of hydrogen-bond acceptors (Lipinski definition) is 2. The third-order valence-corrected chi connectivity index (χ3v) is 2.90. The minimum absolute atomic E-state index is 0.502. The van der Waals surface area contributed by atoms with Crippen LogP contribution in [-0.2, 0) is 6.42 Å². The van der Waals surface area contributed by atoms with Gasteiger partial charge in [-0.25, -0.2) is 4.79 Å². The molecule has 0 unspecified atom stereocenters. The molecule has 0 saturated carbocycles. The Labute approximate surface area is 102 Å². The van der Waals surface area contributed by atoms with Crippen molar-refractivity contribution >= 4 is 6.09 Å². The summed E-state index contributed by atoms with van der Waals surface area (Å²) in [5.41, 5.74) is 3.37. The van der Waals surface area contributed by atoms with Gasteiger partial charge in [-0.2, -0.15) is 0 Å². The van der Waals surface area contributed by atoms with Gasteiger partial charge in [0.05, 0.1) is 7.11 Å². The largest absolute Gasteiger partial charge is 0.496 e. The number of carboxylic acid groups (broad SMARTS) is 1. The van der Waals surface area contributed by atoms with Gasteiger partial charge in [0, 0.05) is 13.6 Å². The summed E-state index contributed by atoms with van der Waals surface area (Å²) in [6.07, 6.45) is -0.174. The zero-order chi connectivity index (χ0) is 13.0. The fourth-order valence-electron chi connectivity index (χ4n) is 1.72. The normalized spacial score (nSPS) is 10.1. The van der Waals surface area contributed by atoms with Crippen LogP contribution in [0.15, 0.2) is 12.1 Å². The van der Waals surface area contributed by atoms with E-state index in [2.05, 4.69) is 6.07 Å². The van der Waals surface area contributed by atoms with Gasteiger partial charge in [0.1, 0.15) is 5.75 Å². The van der Waals surface area contributed by atoms with Gasteiger partial charge in [-0.3, -0.25) is 0 Å². The maximum absolute atomic E-state index is 10.7. The molecule has 0 saturated heterocycles. The van der Waals surface area contributed by atoms with E-state index in [1.807, 2.05) is 19.9 Å². The first-order valence-corrected chi connectivity index (χ1v) is 5.54. The van der Waals surface area contributed by atoms with Crippen molar-refractivity contribution in [3.05, 3.63) is 28.8 Å². The van der Waals surface area contributed by atoms with E-state index in [1.165, 1.54) is 4.90 Å². The van der Waals surface area contributed by atoms with Crippen LogP contribution in [0.1, 0.15) is 16.7 Å². The van der Waals surface area contributed by atoms with Crippen molar-refractivity contribution in [3.8, 4) is 5.75 Å². The molecule has 94 valence electrons. The highest BCUT2D eigenvalue weighted by Gasteiger charge is 2.08. The summed E-state index contributed by atoms with van der Waals surface area (Å²) in [7, 11) is 3.23. The predicted molar refractivity (Wildman–Crippen MR) is 66.8 cm³/mol. The molecule has 17 heavy (non-hydrogen) atoms. The van der Waals surface area contributed by atoms with E-state index in [0.29, 0.717) is 6.54 Å². The van der Waals surface area contributed by atoms with Crippen LogP contribution < -0.4 is 4.74 Å². The third kappa shape index (κ3) is 3.37. The average Bonchev–Trinajstić information content (AvgIpc) is 2.29. The Morgan fingerprint density at radius 1 is 1.35 bits per heavy atom. The lowest BCUT2D eigenvalue weighted by molar-refractivity contribution is 0.156. The lowest BCUT2D eigenvalue weighted by Gasteiger charge is -2.15. The second kappa shape index (κ2) is 5.57. The van der Waals surface area contributed by atoms with Gasteiger partial charge in [0.25, 0.3) is 0 Å². The number of carbonyl (C=O) groups is 1. The number of methoxy groups -OCH3 is 1. The highest BCUT2D eigenvalue weighted by Crippen LogP contribution is 2.22. The Hall–Kier alpha value is -1.71. The molecule has 4 nitrogen and oxygen atoms in total.